The number of phenols is 1. The molecule has 0 atom stereocenters. The topological polar surface area (TPSA) is 95.3 Å². The number of hydrogen-bond donors (Lipinski definition) is 3. The van der Waals surface area contributed by atoms with E-state index in [0.29, 0.717) is 11.5 Å². The van der Waals surface area contributed by atoms with Gasteiger partial charge in [0.25, 0.3) is 0 Å². The minimum absolute atomic E-state index is 0.162. The van der Waals surface area contributed by atoms with Gasteiger partial charge in [-0.1, -0.05) is 18.2 Å². The van der Waals surface area contributed by atoms with E-state index in [1.165, 1.54) is 42.4 Å². The van der Waals surface area contributed by atoms with E-state index in [0.717, 1.165) is 34.2 Å². The lowest BCUT2D eigenvalue weighted by Crippen LogP contribution is -2.02. The molecule has 0 fully saturated rings. The fourth-order valence-electron chi connectivity index (χ4n) is 4.01. The van der Waals surface area contributed by atoms with Crippen LogP contribution in [0.1, 0.15) is 34.3 Å². The minimum atomic E-state index is -1.19. The number of fused-ring (bicyclic) bond motifs is 2. The molecule has 2 heterocycles. The van der Waals surface area contributed by atoms with Gasteiger partial charge in [0.15, 0.2) is 0 Å². The van der Waals surface area contributed by atoms with Crippen molar-refractivity contribution in [1.82, 2.24) is 9.97 Å². The fourth-order valence-corrected chi connectivity index (χ4v) is 4.92. The van der Waals surface area contributed by atoms with E-state index in [1.54, 1.807) is 17.4 Å². The van der Waals surface area contributed by atoms with Crippen LogP contribution in [0.2, 0.25) is 0 Å². The summed E-state index contributed by atoms with van der Waals surface area (Å²) < 4.78 is 0. The van der Waals surface area contributed by atoms with Crippen LogP contribution in [0.5, 0.6) is 5.75 Å². The molecule has 6 nitrogen and oxygen atoms in total. The molecule has 0 bridgehead atoms. The Bertz CT molecular complexity index is 1280. The number of carboxylic acid groups (broad SMARTS) is 1. The number of aryl methyl sites for hydroxylation is 2. The third kappa shape index (κ3) is 3.27. The molecule has 0 radical (unpaired) electrons. The number of aromatic carboxylic acids is 1. The van der Waals surface area contributed by atoms with Crippen LogP contribution >= 0.6 is 11.3 Å². The Hall–Kier alpha value is -3.45. The van der Waals surface area contributed by atoms with Crippen LogP contribution in [0.3, 0.4) is 0 Å². The van der Waals surface area contributed by atoms with E-state index >= 15 is 0 Å². The first-order chi connectivity index (χ1) is 14.6. The second-order valence-electron chi connectivity index (χ2n) is 7.40. The molecule has 4 aromatic rings. The molecule has 0 saturated heterocycles. The van der Waals surface area contributed by atoms with Gasteiger partial charge in [-0.15, -0.1) is 11.3 Å². The van der Waals surface area contributed by atoms with Crippen molar-refractivity contribution in [2.75, 3.05) is 5.32 Å². The summed E-state index contributed by atoms with van der Waals surface area (Å²) in [4.78, 5) is 21.0. The van der Waals surface area contributed by atoms with Crippen molar-refractivity contribution < 1.29 is 15.0 Å². The van der Waals surface area contributed by atoms with E-state index in [4.69, 9.17) is 0 Å². The van der Waals surface area contributed by atoms with Gasteiger partial charge in [-0.25, -0.2) is 14.8 Å². The molecule has 2 aromatic carbocycles. The highest BCUT2D eigenvalue weighted by Crippen LogP contribution is 2.39. The summed E-state index contributed by atoms with van der Waals surface area (Å²) in [6.45, 7) is 0. The van der Waals surface area contributed by atoms with E-state index in [2.05, 4.69) is 38.9 Å². The first-order valence-electron chi connectivity index (χ1n) is 9.78. The quantitative estimate of drug-likeness (QED) is 0.386. The van der Waals surface area contributed by atoms with E-state index in [-0.39, 0.29) is 11.3 Å². The van der Waals surface area contributed by atoms with Crippen molar-refractivity contribution in [3.63, 3.8) is 0 Å². The van der Waals surface area contributed by atoms with Crippen LogP contribution in [-0.4, -0.2) is 26.2 Å². The first kappa shape index (κ1) is 18.6. The molecule has 5 rings (SSSR count). The lowest BCUT2D eigenvalue weighted by molar-refractivity contribution is 0.0694. The zero-order chi connectivity index (χ0) is 20.7. The predicted octanol–water partition coefficient (Wildman–Crippen LogP) is 5.38. The summed E-state index contributed by atoms with van der Waals surface area (Å²) in [6.07, 6.45) is 6.22. The number of hydrogen-bond acceptors (Lipinski definition) is 6. The largest absolute Gasteiger partial charge is 0.507 e. The highest BCUT2D eigenvalue weighted by molar-refractivity contribution is 7.17. The third-order valence-electron chi connectivity index (χ3n) is 5.52. The Morgan fingerprint density at radius 2 is 1.87 bits per heavy atom. The Morgan fingerprint density at radius 1 is 1.03 bits per heavy atom. The molecule has 0 saturated carbocycles. The van der Waals surface area contributed by atoms with Crippen molar-refractivity contribution in [1.29, 1.82) is 0 Å². The highest BCUT2D eigenvalue weighted by Gasteiger charge is 2.17. The van der Waals surface area contributed by atoms with Gasteiger partial charge in [0.2, 0.25) is 0 Å². The number of carbonyl (C=O) groups is 1. The maximum Gasteiger partial charge on any atom is 0.339 e. The summed E-state index contributed by atoms with van der Waals surface area (Å²) >= 11 is 1.56. The van der Waals surface area contributed by atoms with Crippen LogP contribution < -0.4 is 5.32 Å². The van der Waals surface area contributed by atoms with Gasteiger partial charge in [-0.05, 0) is 60.6 Å². The average molecular weight is 417 g/mol. The molecule has 3 N–H and O–H groups in total. The normalized spacial score (nSPS) is 13.2. The Kier molecular flexibility index (Phi) is 4.59. The van der Waals surface area contributed by atoms with Crippen molar-refractivity contribution in [3.05, 3.63) is 64.8 Å². The molecule has 0 amide bonds. The molecule has 0 aliphatic heterocycles. The number of carboxylic acids is 1. The van der Waals surface area contributed by atoms with E-state index in [9.17, 15) is 15.0 Å². The molecule has 1 aliphatic carbocycles. The Morgan fingerprint density at radius 3 is 2.70 bits per heavy atom. The zero-order valence-electron chi connectivity index (χ0n) is 16.1. The highest BCUT2D eigenvalue weighted by atomic mass is 32.1. The molecule has 0 unspecified atom stereocenters. The lowest BCUT2D eigenvalue weighted by Gasteiger charge is -2.16. The van der Waals surface area contributed by atoms with Crippen molar-refractivity contribution in [2.24, 2.45) is 0 Å². The molecular weight excluding hydrogens is 398 g/mol. The van der Waals surface area contributed by atoms with E-state index < -0.39 is 5.97 Å². The van der Waals surface area contributed by atoms with Crippen LogP contribution in [0.15, 0.2) is 48.1 Å². The smallest absolute Gasteiger partial charge is 0.339 e. The number of nitrogens with zero attached hydrogens (tertiary/aromatic N) is 2. The number of aromatic hydroxyl groups is 1. The molecular formula is C23H19N3O3S. The van der Waals surface area contributed by atoms with E-state index in [1.807, 2.05) is 0 Å². The third-order valence-corrected chi connectivity index (χ3v) is 6.41. The number of aromatic nitrogens is 2. The number of benzene rings is 2. The molecule has 150 valence electrons. The molecule has 1 aliphatic rings. The first-order valence-corrected chi connectivity index (χ1v) is 10.7. The summed E-state index contributed by atoms with van der Waals surface area (Å²) in [5, 5.41) is 25.2. The van der Waals surface area contributed by atoms with Gasteiger partial charge >= 0.3 is 5.97 Å². The van der Waals surface area contributed by atoms with Gasteiger partial charge < -0.3 is 15.5 Å². The predicted molar refractivity (Wildman–Crippen MR) is 118 cm³/mol. The van der Waals surface area contributed by atoms with Gasteiger partial charge in [-0.2, -0.15) is 0 Å². The summed E-state index contributed by atoms with van der Waals surface area (Å²) in [5.41, 5.74) is 5.41. The van der Waals surface area contributed by atoms with Crippen LogP contribution in [0.25, 0.3) is 21.3 Å². The van der Waals surface area contributed by atoms with Gasteiger partial charge in [0.05, 0.1) is 5.39 Å². The lowest BCUT2D eigenvalue weighted by atomic mass is 9.89. The van der Waals surface area contributed by atoms with Gasteiger partial charge in [-0.3, -0.25) is 0 Å². The average Bonchev–Trinajstić information content (AvgIpc) is 3.20. The fraction of sp³-hybridized carbons (Fsp3) is 0.174. The summed E-state index contributed by atoms with van der Waals surface area (Å²) in [7, 11) is 0. The second kappa shape index (κ2) is 7.42. The number of thiophene rings is 1. The zero-order valence-corrected chi connectivity index (χ0v) is 16.9. The Balaban J connectivity index is 1.59. The number of nitrogens with one attached hydrogen (secondary N) is 1. The SMILES string of the molecule is O=C(O)c1cc(Nc2ncnc3scc(-c4ccc5c(c4)CCCC5)c23)ccc1O. The number of anilines is 2. The standard InChI is InChI=1S/C23H19N3O3S/c27-19-8-7-16(10-17(19)23(28)29)26-21-20-18(11-30-22(20)25-12-24-21)15-6-5-13-3-1-2-4-14(13)9-15/h5-12,27H,1-4H2,(H,28,29)(H,24,25,26). The Labute approximate surface area is 176 Å². The van der Waals surface area contributed by atoms with Crippen LogP contribution in [0, 0.1) is 0 Å². The minimum Gasteiger partial charge on any atom is -0.507 e. The van der Waals surface area contributed by atoms with Crippen molar-refractivity contribution in [2.45, 2.75) is 25.7 Å². The molecule has 0 spiro atoms. The maximum absolute atomic E-state index is 11.3. The summed E-state index contributed by atoms with van der Waals surface area (Å²) in [6, 6.07) is 11.0. The van der Waals surface area contributed by atoms with Gasteiger partial charge in [0, 0.05) is 16.6 Å². The summed E-state index contributed by atoms with van der Waals surface area (Å²) in [5.74, 6) is -0.851. The second-order valence-corrected chi connectivity index (χ2v) is 8.26. The molecule has 7 heteroatoms. The van der Waals surface area contributed by atoms with Crippen LogP contribution in [-0.2, 0) is 12.8 Å². The number of rotatable bonds is 4. The molecule has 30 heavy (non-hydrogen) atoms. The molecule has 2 aromatic heterocycles. The van der Waals surface area contributed by atoms with Crippen LogP contribution in [0.4, 0.5) is 11.5 Å². The van der Waals surface area contributed by atoms with Gasteiger partial charge in [0.1, 0.15) is 28.3 Å². The van der Waals surface area contributed by atoms with Crippen molar-refractivity contribution >= 4 is 39.0 Å². The maximum atomic E-state index is 11.3. The van der Waals surface area contributed by atoms with Crippen molar-refractivity contribution in [3.8, 4) is 16.9 Å². The monoisotopic (exact) mass is 417 g/mol.